The van der Waals surface area contributed by atoms with Crippen molar-refractivity contribution >= 4 is 29.3 Å². The van der Waals surface area contributed by atoms with E-state index in [0.717, 1.165) is 0 Å². The molecule has 2 saturated heterocycles. The second kappa shape index (κ2) is 7.55. The Hall–Kier alpha value is -2.90. The van der Waals surface area contributed by atoms with Crippen molar-refractivity contribution in [2.24, 2.45) is 0 Å². The minimum atomic E-state index is -0.431. The average Bonchev–Trinajstić information content (AvgIpc) is 3.07. The summed E-state index contributed by atoms with van der Waals surface area (Å²) in [5.74, 6) is -0.481. The van der Waals surface area contributed by atoms with Gasteiger partial charge >= 0.3 is 0 Å². The number of piperazine rings is 1. The van der Waals surface area contributed by atoms with Crippen molar-refractivity contribution in [3.63, 3.8) is 0 Å². The minimum Gasteiger partial charge on any atom is -0.344 e. The monoisotopic (exact) mass is 358 g/mol. The molecule has 26 heavy (non-hydrogen) atoms. The number of carbonyl (C=O) groups excluding carboxylic acids is 4. The van der Waals surface area contributed by atoms with Crippen LogP contribution in [-0.4, -0.2) is 65.6 Å². The van der Waals surface area contributed by atoms with E-state index in [1.807, 2.05) is 0 Å². The van der Waals surface area contributed by atoms with E-state index in [2.05, 4.69) is 10.6 Å². The van der Waals surface area contributed by atoms with Gasteiger partial charge in [-0.05, 0) is 24.6 Å². The number of nitrogens with one attached hydrogen (secondary N) is 2. The second-order valence-electron chi connectivity index (χ2n) is 6.54. The first kappa shape index (κ1) is 17.9. The highest BCUT2D eigenvalue weighted by Crippen LogP contribution is 2.16. The third-order valence-electron chi connectivity index (χ3n) is 4.60. The van der Waals surface area contributed by atoms with E-state index in [1.54, 1.807) is 34.1 Å². The van der Waals surface area contributed by atoms with Gasteiger partial charge in [-0.3, -0.25) is 19.2 Å². The minimum absolute atomic E-state index is 0.0735. The van der Waals surface area contributed by atoms with Gasteiger partial charge in [-0.25, -0.2) is 0 Å². The van der Waals surface area contributed by atoms with E-state index in [9.17, 15) is 19.2 Å². The normalized spacial score (nSPS) is 19.9. The molecule has 1 atom stereocenters. The predicted molar refractivity (Wildman–Crippen MR) is 94.4 cm³/mol. The van der Waals surface area contributed by atoms with Gasteiger partial charge in [-0.15, -0.1) is 0 Å². The first-order chi connectivity index (χ1) is 12.4. The largest absolute Gasteiger partial charge is 0.344 e. The highest BCUT2D eigenvalue weighted by Gasteiger charge is 2.33. The van der Waals surface area contributed by atoms with Gasteiger partial charge in [-0.2, -0.15) is 0 Å². The number of rotatable bonds is 3. The van der Waals surface area contributed by atoms with Crippen LogP contribution in [0.2, 0.25) is 0 Å². The summed E-state index contributed by atoms with van der Waals surface area (Å²) >= 11 is 0. The molecule has 1 unspecified atom stereocenters. The zero-order chi connectivity index (χ0) is 18.7. The maximum atomic E-state index is 12.7. The third-order valence-corrected chi connectivity index (χ3v) is 4.60. The molecule has 2 aliphatic rings. The lowest BCUT2D eigenvalue weighted by Gasteiger charge is -2.36. The number of hydrogen-bond acceptors (Lipinski definition) is 4. The molecule has 1 aromatic rings. The number of amides is 4. The molecule has 2 N–H and O–H groups in total. The lowest BCUT2D eigenvalue weighted by molar-refractivity contribution is -0.135. The quantitative estimate of drug-likeness (QED) is 0.807. The van der Waals surface area contributed by atoms with Gasteiger partial charge in [-0.1, -0.05) is 6.07 Å². The van der Waals surface area contributed by atoms with Crippen molar-refractivity contribution in [2.75, 3.05) is 31.5 Å². The molecule has 0 saturated carbocycles. The number of anilines is 1. The molecule has 3 rings (SSSR count). The van der Waals surface area contributed by atoms with Crippen molar-refractivity contribution in [2.45, 2.75) is 25.8 Å². The topological polar surface area (TPSA) is 98.8 Å². The smallest absolute Gasteiger partial charge is 0.254 e. The first-order valence-electron chi connectivity index (χ1n) is 8.69. The molecular formula is C18H22N4O4. The summed E-state index contributed by atoms with van der Waals surface area (Å²) in [6.45, 7) is 3.19. The molecule has 1 aromatic carbocycles. The van der Waals surface area contributed by atoms with E-state index in [-0.39, 0.29) is 23.6 Å². The molecule has 0 aliphatic carbocycles. The van der Waals surface area contributed by atoms with Crippen molar-refractivity contribution in [1.29, 1.82) is 0 Å². The van der Waals surface area contributed by atoms with Crippen LogP contribution in [0.15, 0.2) is 24.3 Å². The Kier molecular flexibility index (Phi) is 5.20. The van der Waals surface area contributed by atoms with E-state index in [0.29, 0.717) is 50.3 Å². The Morgan fingerprint density at radius 1 is 1.12 bits per heavy atom. The van der Waals surface area contributed by atoms with E-state index < -0.39 is 6.04 Å². The molecule has 2 fully saturated rings. The van der Waals surface area contributed by atoms with Crippen molar-refractivity contribution < 1.29 is 19.2 Å². The molecule has 8 nitrogen and oxygen atoms in total. The second-order valence-corrected chi connectivity index (χ2v) is 6.54. The van der Waals surface area contributed by atoms with E-state index in [1.165, 1.54) is 6.92 Å². The molecule has 2 heterocycles. The molecule has 8 heteroatoms. The molecule has 0 aromatic heterocycles. The zero-order valence-electron chi connectivity index (χ0n) is 14.7. The van der Waals surface area contributed by atoms with Crippen molar-refractivity contribution in [3.05, 3.63) is 29.8 Å². The van der Waals surface area contributed by atoms with E-state index >= 15 is 0 Å². The fourth-order valence-corrected chi connectivity index (χ4v) is 3.27. The van der Waals surface area contributed by atoms with Gasteiger partial charge in [0.25, 0.3) is 5.91 Å². The van der Waals surface area contributed by atoms with Gasteiger partial charge in [0, 0.05) is 50.8 Å². The van der Waals surface area contributed by atoms with Gasteiger partial charge in [0.2, 0.25) is 17.7 Å². The van der Waals surface area contributed by atoms with Crippen molar-refractivity contribution in [3.8, 4) is 0 Å². The molecule has 2 aliphatic heterocycles. The Morgan fingerprint density at radius 2 is 1.81 bits per heavy atom. The Bertz CT molecular complexity index is 740. The summed E-state index contributed by atoms with van der Waals surface area (Å²) in [7, 11) is 0. The maximum absolute atomic E-state index is 12.7. The van der Waals surface area contributed by atoms with Crippen LogP contribution in [0.5, 0.6) is 0 Å². The summed E-state index contributed by atoms with van der Waals surface area (Å²) < 4.78 is 0. The Morgan fingerprint density at radius 3 is 2.42 bits per heavy atom. The summed E-state index contributed by atoms with van der Waals surface area (Å²) in [5, 5.41) is 5.35. The van der Waals surface area contributed by atoms with Crippen LogP contribution in [0.25, 0.3) is 0 Å². The number of carbonyl (C=O) groups is 4. The summed E-state index contributed by atoms with van der Waals surface area (Å²) in [5.41, 5.74) is 1.08. The Labute approximate surface area is 151 Å². The average molecular weight is 358 g/mol. The summed E-state index contributed by atoms with van der Waals surface area (Å²) in [4.78, 5) is 50.9. The summed E-state index contributed by atoms with van der Waals surface area (Å²) in [6.07, 6.45) is 0.923. The van der Waals surface area contributed by atoms with Crippen LogP contribution in [-0.2, 0) is 14.4 Å². The first-order valence-corrected chi connectivity index (χ1v) is 8.69. The van der Waals surface area contributed by atoms with Crippen LogP contribution >= 0.6 is 0 Å². The SMILES string of the molecule is CC(=O)Nc1cccc(C(=O)N2CCN(C(=O)C3CCC(=O)N3)CC2)c1. The zero-order valence-corrected chi connectivity index (χ0v) is 14.7. The molecule has 4 amide bonds. The molecule has 0 spiro atoms. The number of benzene rings is 1. The van der Waals surface area contributed by atoms with Gasteiger partial charge in [0.1, 0.15) is 6.04 Å². The van der Waals surface area contributed by atoms with Crippen LogP contribution < -0.4 is 10.6 Å². The van der Waals surface area contributed by atoms with E-state index in [4.69, 9.17) is 0 Å². The third kappa shape index (κ3) is 4.01. The Balaban J connectivity index is 1.57. The highest BCUT2D eigenvalue weighted by atomic mass is 16.2. The van der Waals surface area contributed by atoms with Crippen LogP contribution in [0.1, 0.15) is 30.1 Å². The van der Waals surface area contributed by atoms with Gasteiger partial charge in [0.05, 0.1) is 0 Å². The molecule has 0 radical (unpaired) electrons. The molecule has 0 bridgehead atoms. The fraction of sp³-hybridized carbons (Fsp3) is 0.444. The van der Waals surface area contributed by atoms with Crippen LogP contribution in [0.4, 0.5) is 5.69 Å². The van der Waals surface area contributed by atoms with Gasteiger partial charge in [0.15, 0.2) is 0 Å². The molecule has 138 valence electrons. The highest BCUT2D eigenvalue weighted by molar-refractivity contribution is 5.97. The van der Waals surface area contributed by atoms with Crippen LogP contribution in [0, 0.1) is 0 Å². The van der Waals surface area contributed by atoms with Crippen molar-refractivity contribution in [1.82, 2.24) is 15.1 Å². The van der Waals surface area contributed by atoms with Crippen LogP contribution in [0.3, 0.4) is 0 Å². The standard InChI is InChI=1S/C18H22N4O4/c1-12(23)19-14-4-2-3-13(11-14)17(25)21-7-9-22(10-8-21)18(26)15-5-6-16(24)20-15/h2-4,11,15H,5-10H2,1H3,(H,19,23)(H,20,24). The fourth-order valence-electron chi connectivity index (χ4n) is 3.27. The number of hydrogen-bond donors (Lipinski definition) is 2. The lowest BCUT2D eigenvalue weighted by Crippen LogP contribution is -2.54. The lowest BCUT2D eigenvalue weighted by atomic mass is 10.1. The molecular weight excluding hydrogens is 336 g/mol. The maximum Gasteiger partial charge on any atom is 0.254 e. The summed E-state index contributed by atoms with van der Waals surface area (Å²) in [6, 6.07) is 6.37. The number of nitrogens with zero attached hydrogens (tertiary/aromatic N) is 2. The predicted octanol–water partition coefficient (Wildman–Crippen LogP) is 0.208. The van der Waals surface area contributed by atoms with Gasteiger partial charge < -0.3 is 20.4 Å².